The maximum Gasteiger partial charge on any atom is 0.214 e. The van der Waals surface area contributed by atoms with Crippen LogP contribution in [0.15, 0.2) is 35.3 Å². The van der Waals surface area contributed by atoms with Gasteiger partial charge in [0.25, 0.3) is 0 Å². The third-order valence-corrected chi connectivity index (χ3v) is 8.69. The van der Waals surface area contributed by atoms with Crippen LogP contribution >= 0.6 is 15.9 Å². The Balaban J connectivity index is 1.62. The van der Waals surface area contributed by atoms with Gasteiger partial charge in [0, 0.05) is 30.0 Å². The van der Waals surface area contributed by atoms with Crippen LogP contribution in [0.3, 0.4) is 0 Å². The Bertz CT molecular complexity index is 1050. The van der Waals surface area contributed by atoms with Gasteiger partial charge < -0.3 is 19.4 Å². The van der Waals surface area contributed by atoms with Crippen molar-refractivity contribution in [3.05, 3.63) is 40.9 Å². The first kappa shape index (κ1) is 22.2. The van der Waals surface area contributed by atoms with Gasteiger partial charge in [0.2, 0.25) is 9.04 Å². The number of anilines is 3. The molecule has 0 atom stereocenters. The summed E-state index contributed by atoms with van der Waals surface area (Å²) in [5, 5.41) is 7.81. The van der Waals surface area contributed by atoms with E-state index in [4.69, 9.17) is 9.16 Å². The van der Waals surface area contributed by atoms with Crippen molar-refractivity contribution in [3.63, 3.8) is 0 Å². The molecule has 1 N–H and O–H groups in total. The topological polar surface area (TPSA) is 76.8 Å². The molecule has 0 amide bonds. The number of nitrogens with zero attached hydrogens (tertiary/aromatic N) is 5. The number of benzene rings is 1. The first-order chi connectivity index (χ1) is 14.8. The van der Waals surface area contributed by atoms with E-state index >= 15 is 0 Å². The number of aromatic nitrogens is 4. The Morgan fingerprint density at radius 2 is 2.00 bits per heavy atom. The molecule has 0 spiro atoms. The Morgan fingerprint density at radius 1 is 1.23 bits per heavy atom. The number of hydrogen-bond donors (Lipinski definition) is 1. The minimum atomic E-state index is -0.949. The SMILES string of the molecule is C[Si](OCc1cc(Nc2ncc(Br)n3ncnc23)ccc1N1CCOCC1)C(C)(C)C. The summed E-state index contributed by atoms with van der Waals surface area (Å²) >= 11 is 3.45. The Morgan fingerprint density at radius 3 is 2.74 bits per heavy atom. The lowest BCUT2D eigenvalue weighted by Crippen LogP contribution is -2.37. The van der Waals surface area contributed by atoms with Crippen LogP contribution in [0.1, 0.15) is 26.3 Å². The molecule has 1 radical (unpaired) electrons. The van der Waals surface area contributed by atoms with Crippen molar-refractivity contribution >= 4 is 47.8 Å². The van der Waals surface area contributed by atoms with E-state index in [1.165, 1.54) is 12.0 Å². The van der Waals surface area contributed by atoms with E-state index in [1.54, 1.807) is 10.7 Å². The van der Waals surface area contributed by atoms with E-state index in [0.29, 0.717) is 18.1 Å². The molecule has 3 aromatic rings. The molecule has 0 unspecified atom stereocenters. The number of morpholine rings is 1. The van der Waals surface area contributed by atoms with Gasteiger partial charge in [0.15, 0.2) is 11.5 Å². The number of hydrogen-bond acceptors (Lipinski definition) is 7. The molecule has 1 aliphatic rings. The maximum absolute atomic E-state index is 6.37. The Kier molecular flexibility index (Phi) is 6.61. The van der Waals surface area contributed by atoms with Crippen LogP contribution in [0.4, 0.5) is 17.2 Å². The van der Waals surface area contributed by atoms with Gasteiger partial charge in [-0.15, -0.1) is 0 Å². The molecule has 1 aliphatic heterocycles. The fourth-order valence-electron chi connectivity index (χ4n) is 3.31. The second kappa shape index (κ2) is 9.23. The van der Waals surface area contributed by atoms with Crippen LogP contribution in [0, 0.1) is 0 Å². The molecule has 1 aromatic carbocycles. The first-order valence-corrected chi connectivity index (χ1v) is 13.1. The number of ether oxygens (including phenoxy) is 1. The maximum atomic E-state index is 6.37. The van der Waals surface area contributed by atoms with E-state index < -0.39 is 9.04 Å². The van der Waals surface area contributed by atoms with Gasteiger partial charge in [-0.1, -0.05) is 20.8 Å². The Labute approximate surface area is 192 Å². The lowest BCUT2D eigenvalue weighted by atomic mass is 10.1. The highest BCUT2D eigenvalue weighted by Crippen LogP contribution is 2.31. The van der Waals surface area contributed by atoms with Crippen molar-refractivity contribution in [3.8, 4) is 0 Å². The molecule has 10 heteroatoms. The third kappa shape index (κ3) is 5.08. The molecule has 165 valence electrons. The van der Waals surface area contributed by atoms with Crippen LogP contribution in [-0.4, -0.2) is 54.9 Å². The zero-order valence-corrected chi connectivity index (χ0v) is 20.9. The van der Waals surface area contributed by atoms with E-state index in [-0.39, 0.29) is 5.04 Å². The van der Waals surface area contributed by atoms with Crippen LogP contribution in [0.5, 0.6) is 0 Å². The molecule has 1 saturated heterocycles. The summed E-state index contributed by atoms with van der Waals surface area (Å²) in [5.74, 6) is 0.654. The number of halogens is 1. The summed E-state index contributed by atoms with van der Waals surface area (Å²) in [7, 11) is -0.949. The molecule has 0 bridgehead atoms. The molecule has 2 aromatic heterocycles. The molecule has 0 aliphatic carbocycles. The quantitative estimate of drug-likeness (QED) is 0.499. The second-order valence-corrected chi connectivity index (χ2v) is 12.3. The Hall–Kier alpha value is -2.01. The van der Waals surface area contributed by atoms with Crippen LogP contribution < -0.4 is 10.2 Å². The van der Waals surface area contributed by atoms with Gasteiger partial charge in [-0.3, -0.25) is 0 Å². The van der Waals surface area contributed by atoms with Crippen LogP contribution in [0.2, 0.25) is 11.6 Å². The predicted octanol–water partition coefficient (Wildman–Crippen LogP) is 4.41. The van der Waals surface area contributed by atoms with Crippen molar-refractivity contribution in [2.75, 3.05) is 36.5 Å². The highest BCUT2D eigenvalue weighted by atomic mass is 79.9. The molecule has 31 heavy (non-hydrogen) atoms. The van der Waals surface area contributed by atoms with E-state index in [0.717, 1.165) is 42.2 Å². The first-order valence-electron chi connectivity index (χ1n) is 10.4. The van der Waals surface area contributed by atoms with Gasteiger partial charge >= 0.3 is 0 Å². The van der Waals surface area contributed by atoms with Gasteiger partial charge in [-0.05, 0) is 45.7 Å². The summed E-state index contributed by atoms with van der Waals surface area (Å²) in [6.07, 6.45) is 3.23. The molecule has 3 heterocycles. The number of fused-ring (bicyclic) bond motifs is 1. The average molecular weight is 504 g/mol. The van der Waals surface area contributed by atoms with E-state index in [2.05, 4.69) is 86.7 Å². The molecule has 8 nitrogen and oxygen atoms in total. The third-order valence-electron chi connectivity index (χ3n) is 5.46. The van der Waals surface area contributed by atoms with Gasteiger partial charge in [0.05, 0.1) is 26.0 Å². The minimum Gasteiger partial charge on any atom is -0.412 e. The largest absolute Gasteiger partial charge is 0.412 e. The lowest BCUT2D eigenvalue weighted by Gasteiger charge is -2.32. The van der Waals surface area contributed by atoms with Crippen molar-refractivity contribution < 1.29 is 9.16 Å². The minimum absolute atomic E-state index is 0.181. The highest BCUT2D eigenvalue weighted by molar-refractivity contribution is 9.10. The van der Waals surface area contributed by atoms with Crippen molar-refractivity contribution in [1.29, 1.82) is 0 Å². The standard InChI is InChI=1S/C21H28BrN6O2Si/c1-21(2,3)31(4)30-13-15-11-16(5-6-17(15)27-7-9-29-10-8-27)26-19-20-24-14-25-28(20)18(22)12-23-19/h5-6,11-12,14H,7-10,13H2,1-4H3,(H,23,26). The molecule has 1 fully saturated rings. The highest BCUT2D eigenvalue weighted by Gasteiger charge is 2.25. The lowest BCUT2D eigenvalue weighted by molar-refractivity contribution is 0.122. The average Bonchev–Trinajstić information content (AvgIpc) is 3.25. The molecular weight excluding hydrogens is 476 g/mol. The number of rotatable bonds is 6. The summed E-state index contributed by atoms with van der Waals surface area (Å²) < 4.78 is 14.4. The second-order valence-electron chi connectivity index (χ2n) is 8.59. The zero-order valence-electron chi connectivity index (χ0n) is 18.4. The monoisotopic (exact) mass is 503 g/mol. The smallest absolute Gasteiger partial charge is 0.214 e. The van der Waals surface area contributed by atoms with Crippen LogP contribution in [-0.2, 0) is 15.8 Å². The fraction of sp³-hybridized carbons (Fsp3) is 0.476. The summed E-state index contributed by atoms with van der Waals surface area (Å²) in [4.78, 5) is 11.2. The normalized spacial score (nSPS) is 15.1. The van der Waals surface area contributed by atoms with Gasteiger partial charge in [0.1, 0.15) is 10.9 Å². The molecular formula is C21H28BrN6O2Si. The van der Waals surface area contributed by atoms with Crippen molar-refractivity contribution in [1.82, 2.24) is 19.6 Å². The van der Waals surface area contributed by atoms with Crippen LogP contribution in [0.25, 0.3) is 5.65 Å². The summed E-state index contributed by atoms with van der Waals surface area (Å²) in [6, 6.07) is 6.39. The predicted molar refractivity (Wildman–Crippen MR) is 127 cm³/mol. The van der Waals surface area contributed by atoms with E-state index in [9.17, 15) is 0 Å². The van der Waals surface area contributed by atoms with Crippen molar-refractivity contribution in [2.45, 2.75) is 39.0 Å². The summed E-state index contributed by atoms with van der Waals surface area (Å²) in [6.45, 7) is 12.8. The molecule has 0 saturated carbocycles. The number of nitrogens with one attached hydrogen (secondary N) is 1. The van der Waals surface area contributed by atoms with Gasteiger partial charge in [-0.2, -0.15) is 5.10 Å². The van der Waals surface area contributed by atoms with E-state index in [1.807, 2.05) is 0 Å². The van der Waals surface area contributed by atoms with Crippen molar-refractivity contribution in [2.24, 2.45) is 0 Å². The summed E-state index contributed by atoms with van der Waals surface area (Å²) in [5.41, 5.74) is 3.97. The molecule has 4 rings (SSSR count). The zero-order chi connectivity index (χ0) is 22.0. The fourth-order valence-corrected chi connectivity index (χ4v) is 4.48. The van der Waals surface area contributed by atoms with Gasteiger partial charge in [-0.25, -0.2) is 14.5 Å².